The van der Waals surface area contributed by atoms with E-state index in [2.05, 4.69) is 10.6 Å². The Morgan fingerprint density at radius 1 is 0.423 bits per heavy atom. The van der Waals surface area contributed by atoms with Crippen LogP contribution in [-0.2, 0) is 0 Å². The van der Waals surface area contributed by atoms with E-state index in [1.54, 1.807) is 0 Å². The Kier molecular flexibility index (Phi) is 3.67. The van der Waals surface area contributed by atoms with Gasteiger partial charge < -0.3 is 10.6 Å². The van der Waals surface area contributed by atoms with Gasteiger partial charge in [-0.2, -0.15) is 0 Å². The van der Waals surface area contributed by atoms with Gasteiger partial charge in [-0.05, 0) is 0 Å². The van der Waals surface area contributed by atoms with E-state index in [0.717, 1.165) is 21.5 Å². The summed E-state index contributed by atoms with van der Waals surface area (Å²) in [6, 6.07) is 15.5. The highest BCUT2D eigenvalue weighted by atomic mass is 35.5. The summed E-state index contributed by atoms with van der Waals surface area (Å²) < 4.78 is 0. The van der Waals surface area contributed by atoms with Gasteiger partial charge in [0.25, 0.3) is 0 Å². The lowest BCUT2D eigenvalue weighted by atomic mass is 10.0. The predicted octanol–water partition coefficient (Wildman–Crippen LogP) is 8.41. The molecule has 2 nitrogen and oxygen atoms in total. The van der Waals surface area contributed by atoms with Crippen LogP contribution in [0.2, 0.25) is 20.1 Å². The summed E-state index contributed by atoms with van der Waals surface area (Å²) >= 11 is 26.7. The third-order valence-corrected chi connectivity index (χ3v) is 6.25. The van der Waals surface area contributed by atoms with Crippen molar-refractivity contribution in [2.75, 3.05) is 10.6 Å². The van der Waals surface area contributed by atoms with Gasteiger partial charge in [0.1, 0.15) is 0 Å². The fourth-order valence-corrected chi connectivity index (χ4v) is 4.66. The lowest BCUT2D eigenvalue weighted by Gasteiger charge is -2.28. The van der Waals surface area contributed by atoms with E-state index in [4.69, 9.17) is 46.4 Å². The molecule has 0 radical (unpaired) electrons. The van der Waals surface area contributed by atoms with Gasteiger partial charge in [0, 0.05) is 21.5 Å². The number of nitrogens with one attached hydrogen (secondary N) is 2. The van der Waals surface area contributed by atoms with Crippen molar-refractivity contribution < 1.29 is 0 Å². The quantitative estimate of drug-likeness (QED) is 0.263. The van der Waals surface area contributed by atoms with Crippen LogP contribution in [-0.4, -0.2) is 0 Å². The minimum absolute atomic E-state index is 0.582. The first kappa shape index (κ1) is 16.3. The van der Waals surface area contributed by atoms with Crippen molar-refractivity contribution in [3.63, 3.8) is 0 Å². The van der Waals surface area contributed by atoms with Gasteiger partial charge in [0.2, 0.25) is 0 Å². The van der Waals surface area contributed by atoms with Crippen LogP contribution in [0.5, 0.6) is 0 Å². The van der Waals surface area contributed by atoms with Crippen molar-refractivity contribution in [1.29, 1.82) is 0 Å². The topological polar surface area (TPSA) is 24.1 Å². The van der Waals surface area contributed by atoms with Crippen LogP contribution >= 0.6 is 46.4 Å². The van der Waals surface area contributed by atoms with Crippen LogP contribution in [0.3, 0.4) is 0 Å². The monoisotopic (exact) mass is 418 g/mol. The zero-order valence-electron chi connectivity index (χ0n) is 13.1. The van der Waals surface area contributed by atoms with Gasteiger partial charge in [0.15, 0.2) is 0 Å². The van der Waals surface area contributed by atoms with Gasteiger partial charge in [0.05, 0.1) is 42.8 Å². The molecule has 6 heteroatoms. The average Bonchev–Trinajstić information content (AvgIpc) is 2.69. The first-order valence-electron chi connectivity index (χ1n) is 7.91. The molecule has 1 aliphatic rings. The zero-order chi connectivity index (χ0) is 18.0. The van der Waals surface area contributed by atoms with Crippen LogP contribution in [0.1, 0.15) is 0 Å². The number of fused-ring (bicyclic) bond motifs is 4. The maximum atomic E-state index is 6.67. The normalized spacial score (nSPS) is 12.5. The predicted molar refractivity (Wildman–Crippen MR) is 115 cm³/mol. The van der Waals surface area contributed by atoms with Crippen LogP contribution in [0, 0.1) is 0 Å². The summed E-state index contributed by atoms with van der Waals surface area (Å²) in [5.41, 5.74) is 2.76. The number of rotatable bonds is 0. The molecule has 0 bridgehead atoms. The molecule has 128 valence electrons. The minimum Gasteiger partial charge on any atom is -0.350 e. The van der Waals surface area contributed by atoms with Crippen molar-refractivity contribution >= 4 is 90.7 Å². The van der Waals surface area contributed by atoms with E-state index in [1.165, 1.54) is 0 Å². The molecule has 26 heavy (non-hydrogen) atoms. The van der Waals surface area contributed by atoms with Gasteiger partial charge in [-0.3, -0.25) is 0 Å². The second-order valence-corrected chi connectivity index (χ2v) is 7.61. The van der Waals surface area contributed by atoms with Crippen LogP contribution in [0.4, 0.5) is 22.7 Å². The number of halogens is 4. The second-order valence-electron chi connectivity index (χ2n) is 6.10. The molecule has 5 rings (SSSR count). The molecular weight excluding hydrogens is 410 g/mol. The highest BCUT2D eigenvalue weighted by molar-refractivity contribution is 6.48. The average molecular weight is 420 g/mol. The summed E-state index contributed by atoms with van der Waals surface area (Å²) in [5, 5.41) is 12.5. The lowest BCUT2D eigenvalue weighted by Crippen LogP contribution is -2.09. The number of hydrogen-bond acceptors (Lipinski definition) is 2. The van der Waals surface area contributed by atoms with Crippen LogP contribution in [0.25, 0.3) is 21.5 Å². The van der Waals surface area contributed by atoms with E-state index >= 15 is 0 Å². The molecule has 4 aromatic carbocycles. The second kappa shape index (κ2) is 5.83. The van der Waals surface area contributed by atoms with Gasteiger partial charge in [-0.1, -0.05) is 94.9 Å². The van der Waals surface area contributed by atoms with E-state index in [1.807, 2.05) is 48.5 Å². The van der Waals surface area contributed by atoms with Crippen molar-refractivity contribution in [3.05, 3.63) is 68.6 Å². The molecule has 1 heterocycles. The molecule has 0 aliphatic carbocycles. The molecule has 2 N–H and O–H groups in total. The minimum atomic E-state index is 0.582. The Hall–Kier alpha value is -1.84. The smallest absolute Gasteiger partial charge is 0.0835 e. The maximum Gasteiger partial charge on any atom is 0.0835 e. The van der Waals surface area contributed by atoms with Crippen molar-refractivity contribution in [2.45, 2.75) is 0 Å². The number of anilines is 4. The Morgan fingerprint density at radius 2 is 0.654 bits per heavy atom. The summed E-state index contributed by atoms with van der Waals surface area (Å²) in [6.45, 7) is 0. The SMILES string of the molecule is Clc1c2c(c(Cl)c3ccccc13)Nc1c(c(Cl)c3ccccc3c1Cl)N2. The third kappa shape index (κ3) is 2.14. The first-order valence-corrected chi connectivity index (χ1v) is 9.42. The molecule has 0 saturated carbocycles. The molecule has 0 spiro atoms. The van der Waals surface area contributed by atoms with Crippen LogP contribution in [0.15, 0.2) is 48.5 Å². The van der Waals surface area contributed by atoms with Crippen molar-refractivity contribution in [2.24, 2.45) is 0 Å². The molecular formula is C20H10Cl4N2. The molecule has 1 aliphatic heterocycles. The maximum absolute atomic E-state index is 6.67. The van der Waals surface area contributed by atoms with E-state index in [9.17, 15) is 0 Å². The summed E-state index contributed by atoms with van der Waals surface area (Å²) in [5.74, 6) is 0. The zero-order valence-corrected chi connectivity index (χ0v) is 16.2. The van der Waals surface area contributed by atoms with Crippen molar-refractivity contribution in [3.8, 4) is 0 Å². The van der Waals surface area contributed by atoms with E-state index in [-0.39, 0.29) is 0 Å². The third-order valence-electron chi connectivity index (χ3n) is 4.68. The molecule has 0 aromatic heterocycles. The Labute approximate surface area is 169 Å². The molecule has 0 fully saturated rings. The summed E-state index contributed by atoms with van der Waals surface area (Å²) in [4.78, 5) is 0. The number of benzene rings is 4. The lowest BCUT2D eigenvalue weighted by molar-refractivity contribution is 1.47. The highest BCUT2D eigenvalue weighted by Crippen LogP contribution is 2.55. The van der Waals surface area contributed by atoms with Gasteiger partial charge in [-0.15, -0.1) is 0 Å². The molecule has 0 unspecified atom stereocenters. The fraction of sp³-hybridized carbons (Fsp3) is 0. The molecule has 0 saturated heterocycles. The summed E-state index contributed by atoms with van der Waals surface area (Å²) in [6.07, 6.45) is 0. The summed E-state index contributed by atoms with van der Waals surface area (Å²) in [7, 11) is 0. The Balaban J connectivity index is 1.85. The van der Waals surface area contributed by atoms with E-state index in [0.29, 0.717) is 42.8 Å². The largest absolute Gasteiger partial charge is 0.350 e. The fourth-order valence-electron chi connectivity index (χ4n) is 3.43. The first-order chi connectivity index (χ1) is 12.6. The Morgan fingerprint density at radius 3 is 0.885 bits per heavy atom. The van der Waals surface area contributed by atoms with Gasteiger partial charge >= 0.3 is 0 Å². The van der Waals surface area contributed by atoms with Crippen molar-refractivity contribution in [1.82, 2.24) is 0 Å². The molecule has 4 aromatic rings. The number of hydrogen-bond donors (Lipinski definition) is 2. The molecule has 0 amide bonds. The van der Waals surface area contributed by atoms with Gasteiger partial charge in [-0.25, -0.2) is 0 Å². The molecule has 0 atom stereocenters. The Bertz CT molecular complexity index is 1040. The van der Waals surface area contributed by atoms with E-state index < -0.39 is 0 Å². The standard InChI is InChI=1S/C20H10Cl4N2/c21-13-9-5-1-2-6-10(9)14(22)18-17(13)25-19-15(23)11-7-3-4-8-12(11)16(24)20(19)26-18/h1-8,25-26H. The van der Waals surface area contributed by atoms with Crippen LogP contribution < -0.4 is 10.6 Å². The highest BCUT2D eigenvalue weighted by Gasteiger charge is 2.27.